The Morgan fingerprint density at radius 3 is 2.00 bits per heavy atom. The summed E-state index contributed by atoms with van der Waals surface area (Å²) in [6, 6.07) is -0.476. The summed E-state index contributed by atoms with van der Waals surface area (Å²) in [5.41, 5.74) is 4.90. The molecule has 0 fully saturated rings. The van der Waals surface area contributed by atoms with Crippen LogP contribution in [0.25, 0.3) is 0 Å². The highest BCUT2D eigenvalue weighted by Crippen LogP contribution is 1.97. The second-order valence-corrected chi connectivity index (χ2v) is 3.53. The number of amides is 3. The summed E-state index contributed by atoms with van der Waals surface area (Å²) >= 11 is 3.84. The largest absolute Gasteiger partial charge is 0.355 e. The number of unbranched alkanes of at least 4 members (excludes halogenated alkanes) is 3. The van der Waals surface area contributed by atoms with Crippen LogP contribution in [-0.2, 0) is 4.79 Å². The van der Waals surface area contributed by atoms with Crippen molar-refractivity contribution in [1.29, 1.82) is 0 Å². The fraction of sp³-hybridized carbons (Fsp3) is 0.778. The Kier molecular flexibility index (Phi) is 9.05. The van der Waals surface area contributed by atoms with E-state index in [0.717, 1.165) is 25.7 Å². The smallest absolute Gasteiger partial charge is 0.312 e. The summed E-state index contributed by atoms with van der Waals surface area (Å²) in [5.74, 6) is 0.205. The van der Waals surface area contributed by atoms with Crippen LogP contribution < -0.4 is 16.4 Å². The fourth-order valence-corrected chi connectivity index (χ4v) is 1.21. The minimum atomic E-state index is -0.476. The molecule has 6 heteroatoms. The molecule has 0 rings (SSSR count). The molecular formula is C9H19N3O2S. The molecular weight excluding hydrogens is 214 g/mol. The van der Waals surface area contributed by atoms with Crippen LogP contribution in [0.2, 0.25) is 0 Å². The van der Waals surface area contributed by atoms with Gasteiger partial charge in [0.2, 0.25) is 5.91 Å². The first-order valence-corrected chi connectivity index (χ1v) is 5.71. The van der Waals surface area contributed by atoms with E-state index < -0.39 is 6.03 Å². The predicted molar refractivity (Wildman–Crippen MR) is 62.9 cm³/mol. The van der Waals surface area contributed by atoms with Gasteiger partial charge in [-0.2, -0.15) is 12.6 Å². The number of nitrogens with one attached hydrogen (secondary N) is 2. The third-order valence-corrected chi connectivity index (χ3v) is 2.16. The average molecular weight is 233 g/mol. The van der Waals surface area contributed by atoms with Crippen molar-refractivity contribution in [1.82, 2.24) is 10.6 Å². The first-order chi connectivity index (χ1) is 7.16. The molecule has 4 N–H and O–H groups in total. The van der Waals surface area contributed by atoms with E-state index in [1.165, 1.54) is 0 Å². The number of nitrogens with two attached hydrogens (primary N) is 1. The number of primary amides is 1. The highest BCUT2D eigenvalue weighted by atomic mass is 32.1. The van der Waals surface area contributed by atoms with Gasteiger partial charge in [0.1, 0.15) is 0 Å². The van der Waals surface area contributed by atoms with Crippen LogP contribution in [0.5, 0.6) is 0 Å². The van der Waals surface area contributed by atoms with Gasteiger partial charge in [0.15, 0.2) is 0 Å². The van der Waals surface area contributed by atoms with Gasteiger partial charge < -0.3 is 16.4 Å². The number of rotatable bonds is 8. The van der Waals surface area contributed by atoms with Gasteiger partial charge in [0, 0.05) is 13.1 Å². The van der Waals surface area contributed by atoms with E-state index in [4.69, 9.17) is 5.73 Å². The third-order valence-electron chi connectivity index (χ3n) is 1.87. The number of carbonyl (C=O) groups excluding carboxylic acids is 2. The molecule has 0 bridgehead atoms. The minimum absolute atomic E-state index is 0.0336. The monoisotopic (exact) mass is 233 g/mol. The summed E-state index contributed by atoms with van der Waals surface area (Å²) in [5, 5.41) is 5.26. The second-order valence-electron chi connectivity index (χ2n) is 3.21. The third kappa shape index (κ3) is 11.0. The Hall–Kier alpha value is -0.910. The van der Waals surface area contributed by atoms with Gasteiger partial charge >= 0.3 is 6.03 Å². The molecule has 0 atom stereocenters. The van der Waals surface area contributed by atoms with E-state index in [1.807, 2.05) is 0 Å². The van der Waals surface area contributed by atoms with Gasteiger partial charge in [-0.25, -0.2) is 4.79 Å². The summed E-state index contributed by atoms with van der Waals surface area (Å²) in [7, 11) is 0. The first kappa shape index (κ1) is 14.1. The highest BCUT2D eigenvalue weighted by Gasteiger charge is 1.96. The van der Waals surface area contributed by atoms with E-state index in [0.29, 0.717) is 13.1 Å². The average Bonchev–Trinajstić information content (AvgIpc) is 2.21. The van der Waals surface area contributed by atoms with Crippen molar-refractivity contribution in [2.45, 2.75) is 25.7 Å². The molecule has 0 aromatic carbocycles. The minimum Gasteiger partial charge on any atom is -0.355 e. The molecule has 0 aromatic rings. The molecule has 0 spiro atoms. The van der Waals surface area contributed by atoms with E-state index in [2.05, 4.69) is 23.3 Å². The first-order valence-electron chi connectivity index (χ1n) is 5.07. The lowest BCUT2D eigenvalue weighted by molar-refractivity contribution is -0.118. The molecule has 0 saturated heterocycles. The number of urea groups is 1. The standard InChI is InChI=1S/C9H19N3O2S/c10-9(14)12-6-4-2-1-3-5-11-8(13)7-15/h15H,1-7H2,(H,11,13)(H3,10,12,14). The lowest BCUT2D eigenvalue weighted by atomic mass is 10.2. The number of thiol groups is 1. The Bertz CT molecular complexity index is 200. The van der Waals surface area contributed by atoms with Crippen molar-refractivity contribution < 1.29 is 9.59 Å². The molecule has 0 aromatic heterocycles. The molecule has 5 nitrogen and oxygen atoms in total. The van der Waals surface area contributed by atoms with Crippen molar-refractivity contribution >= 4 is 24.6 Å². The van der Waals surface area contributed by atoms with Gasteiger partial charge in [-0.15, -0.1) is 0 Å². The molecule has 0 unspecified atom stereocenters. The van der Waals surface area contributed by atoms with E-state index >= 15 is 0 Å². The zero-order valence-corrected chi connectivity index (χ0v) is 9.69. The molecule has 0 heterocycles. The van der Waals surface area contributed by atoms with Gasteiger partial charge in [-0.05, 0) is 12.8 Å². The van der Waals surface area contributed by atoms with E-state index in [-0.39, 0.29) is 11.7 Å². The van der Waals surface area contributed by atoms with Crippen molar-refractivity contribution in [3.05, 3.63) is 0 Å². The Balaban J connectivity index is 3.05. The van der Waals surface area contributed by atoms with Crippen LogP contribution in [0.3, 0.4) is 0 Å². The topological polar surface area (TPSA) is 84.2 Å². The molecule has 0 radical (unpaired) electrons. The van der Waals surface area contributed by atoms with Crippen LogP contribution in [0.4, 0.5) is 4.79 Å². The van der Waals surface area contributed by atoms with Gasteiger partial charge in [0.25, 0.3) is 0 Å². The Morgan fingerprint density at radius 1 is 1.00 bits per heavy atom. The van der Waals surface area contributed by atoms with Crippen LogP contribution in [0.15, 0.2) is 0 Å². The molecule has 0 aliphatic rings. The molecule has 88 valence electrons. The normalized spacial score (nSPS) is 9.67. The molecule has 0 aliphatic carbocycles. The van der Waals surface area contributed by atoms with Crippen molar-refractivity contribution in [3.63, 3.8) is 0 Å². The summed E-state index contributed by atoms with van der Waals surface area (Å²) in [6.45, 7) is 1.32. The molecule has 3 amide bonds. The maximum Gasteiger partial charge on any atom is 0.312 e. The molecule has 15 heavy (non-hydrogen) atoms. The lowest BCUT2D eigenvalue weighted by Gasteiger charge is -2.03. The number of carbonyl (C=O) groups is 2. The summed E-state index contributed by atoms with van der Waals surface area (Å²) in [4.78, 5) is 21.1. The maximum atomic E-state index is 10.8. The lowest BCUT2D eigenvalue weighted by Crippen LogP contribution is -2.30. The highest BCUT2D eigenvalue weighted by molar-refractivity contribution is 7.81. The predicted octanol–water partition coefficient (Wildman–Crippen LogP) is 0.261. The van der Waals surface area contributed by atoms with Crippen LogP contribution >= 0.6 is 12.6 Å². The van der Waals surface area contributed by atoms with Gasteiger partial charge in [-0.1, -0.05) is 12.8 Å². The number of hydrogen-bond donors (Lipinski definition) is 4. The number of hydrogen-bond acceptors (Lipinski definition) is 3. The van der Waals surface area contributed by atoms with Gasteiger partial charge in [-0.3, -0.25) is 4.79 Å². The second kappa shape index (κ2) is 9.64. The summed E-state index contributed by atoms with van der Waals surface area (Å²) < 4.78 is 0. The van der Waals surface area contributed by atoms with Crippen LogP contribution in [-0.4, -0.2) is 30.8 Å². The van der Waals surface area contributed by atoms with Crippen molar-refractivity contribution in [3.8, 4) is 0 Å². The maximum absolute atomic E-state index is 10.8. The van der Waals surface area contributed by atoms with Crippen molar-refractivity contribution in [2.24, 2.45) is 5.73 Å². The zero-order valence-electron chi connectivity index (χ0n) is 8.79. The van der Waals surface area contributed by atoms with Crippen LogP contribution in [0.1, 0.15) is 25.7 Å². The van der Waals surface area contributed by atoms with Crippen LogP contribution in [0, 0.1) is 0 Å². The van der Waals surface area contributed by atoms with E-state index in [9.17, 15) is 9.59 Å². The molecule has 0 saturated carbocycles. The zero-order chi connectivity index (χ0) is 11.5. The SMILES string of the molecule is NC(=O)NCCCCCCNC(=O)CS. The summed E-state index contributed by atoms with van der Waals surface area (Å²) in [6.07, 6.45) is 3.93. The quantitative estimate of drug-likeness (QED) is 0.358. The Labute approximate surface area is 95.6 Å². The Morgan fingerprint density at radius 2 is 1.53 bits per heavy atom. The van der Waals surface area contributed by atoms with Crippen molar-refractivity contribution in [2.75, 3.05) is 18.8 Å². The fourth-order valence-electron chi connectivity index (χ4n) is 1.10. The molecule has 0 aliphatic heterocycles. The van der Waals surface area contributed by atoms with E-state index in [1.54, 1.807) is 0 Å². The van der Waals surface area contributed by atoms with Gasteiger partial charge in [0.05, 0.1) is 5.75 Å².